The van der Waals surface area contributed by atoms with Crippen LogP contribution in [0.4, 0.5) is 4.79 Å². The Morgan fingerprint density at radius 1 is 1.15 bits per heavy atom. The summed E-state index contributed by atoms with van der Waals surface area (Å²) in [5, 5.41) is 2.86. The molecule has 0 saturated heterocycles. The first-order valence-electron chi connectivity index (χ1n) is 7.79. The van der Waals surface area contributed by atoms with E-state index in [2.05, 4.69) is 5.32 Å². The number of hydrogen-bond acceptors (Lipinski definition) is 2. The molecule has 2 rings (SSSR count). The molecule has 0 unspecified atom stereocenters. The second-order valence-corrected chi connectivity index (χ2v) is 5.59. The van der Waals surface area contributed by atoms with Crippen LogP contribution in [-0.2, 0) is 11.2 Å². The van der Waals surface area contributed by atoms with E-state index in [1.807, 2.05) is 30.3 Å². The third kappa shape index (κ3) is 5.64. The zero-order valence-corrected chi connectivity index (χ0v) is 12.1. The minimum atomic E-state index is -0.281. The predicted molar refractivity (Wildman–Crippen MR) is 80.7 cm³/mol. The molecule has 1 aliphatic rings. The molecule has 0 aliphatic heterocycles. The Morgan fingerprint density at radius 2 is 1.90 bits per heavy atom. The average Bonchev–Trinajstić information content (AvgIpc) is 2.49. The van der Waals surface area contributed by atoms with Crippen molar-refractivity contribution in [2.24, 2.45) is 5.92 Å². The van der Waals surface area contributed by atoms with Crippen molar-refractivity contribution in [2.75, 3.05) is 13.2 Å². The van der Waals surface area contributed by atoms with Crippen LogP contribution in [0.1, 0.15) is 44.1 Å². The summed E-state index contributed by atoms with van der Waals surface area (Å²) in [6, 6.07) is 10.1. The van der Waals surface area contributed by atoms with E-state index < -0.39 is 0 Å². The first kappa shape index (κ1) is 14.9. The number of alkyl carbamates (subject to hydrolysis) is 1. The lowest BCUT2D eigenvalue weighted by atomic mass is 9.87. The number of ether oxygens (including phenoxy) is 1. The molecular formula is C17H25NO2. The van der Waals surface area contributed by atoms with Gasteiger partial charge in [0, 0.05) is 13.0 Å². The number of carbonyl (C=O) groups excluding carboxylic acids is 1. The van der Waals surface area contributed by atoms with Crippen molar-refractivity contribution in [1.29, 1.82) is 0 Å². The van der Waals surface area contributed by atoms with Crippen molar-refractivity contribution in [1.82, 2.24) is 5.32 Å². The van der Waals surface area contributed by atoms with Gasteiger partial charge in [-0.3, -0.25) is 0 Å². The zero-order valence-electron chi connectivity index (χ0n) is 12.1. The van der Waals surface area contributed by atoms with Crippen LogP contribution >= 0.6 is 0 Å². The Hall–Kier alpha value is -1.51. The highest BCUT2D eigenvalue weighted by atomic mass is 16.5. The third-order valence-electron chi connectivity index (χ3n) is 4.01. The summed E-state index contributed by atoms with van der Waals surface area (Å²) in [6.45, 7) is 1.19. The molecule has 1 saturated carbocycles. The van der Waals surface area contributed by atoms with E-state index in [-0.39, 0.29) is 6.09 Å². The van der Waals surface area contributed by atoms with Crippen molar-refractivity contribution >= 4 is 6.09 Å². The Morgan fingerprint density at radius 3 is 2.65 bits per heavy atom. The van der Waals surface area contributed by atoms with E-state index in [1.54, 1.807) is 0 Å². The van der Waals surface area contributed by atoms with Gasteiger partial charge in [0.25, 0.3) is 0 Å². The Labute approximate surface area is 121 Å². The average molecular weight is 275 g/mol. The van der Waals surface area contributed by atoms with Gasteiger partial charge in [-0.2, -0.15) is 0 Å². The largest absolute Gasteiger partial charge is 0.449 e. The van der Waals surface area contributed by atoms with Gasteiger partial charge in [-0.25, -0.2) is 4.79 Å². The van der Waals surface area contributed by atoms with Crippen LogP contribution in [0.3, 0.4) is 0 Å². The molecule has 0 radical (unpaired) electrons. The van der Waals surface area contributed by atoms with Crippen LogP contribution in [0.25, 0.3) is 0 Å². The topological polar surface area (TPSA) is 38.3 Å². The maximum Gasteiger partial charge on any atom is 0.407 e. The molecule has 20 heavy (non-hydrogen) atoms. The number of nitrogens with one attached hydrogen (secondary N) is 1. The van der Waals surface area contributed by atoms with Gasteiger partial charge in [0.05, 0.1) is 6.61 Å². The summed E-state index contributed by atoms with van der Waals surface area (Å²) in [7, 11) is 0. The molecule has 110 valence electrons. The summed E-state index contributed by atoms with van der Waals surface area (Å²) in [5.74, 6) is 0.799. The van der Waals surface area contributed by atoms with Crippen LogP contribution < -0.4 is 5.32 Å². The number of hydrogen-bond donors (Lipinski definition) is 1. The van der Waals surface area contributed by atoms with E-state index in [1.165, 1.54) is 37.7 Å². The highest BCUT2D eigenvalue weighted by Crippen LogP contribution is 2.25. The molecule has 1 aliphatic carbocycles. The van der Waals surface area contributed by atoms with Gasteiger partial charge in [0.2, 0.25) is 0 Å². The minimum Gasteiger partial charge on any atom is -0.449 e. The van der Waals surface area contributed by atoms with Gasteiger partial charge in [0.1, 0.15) is 0 Å². The minimum absolute atomic E-state index is 0.281. The maximum atomic E-state index is 11.5. The second-order valence-electron chi connectivity index (χ2n) is 5.59. The lowest BCUT2D eigenvalue weighted by molar-refractivity contribution is 0.146. The fraction of sp³-hybridized carbons (Fsp3) is 0.588. The Kier molecular flexibility index (Phi) is 6.42. The summed E-state index contributed by atoms with van der Waals surface area (Å²) in [4.78, 5) is 11.5. The van der Waals surface area contributed by atoms with Gasteiger partial charge in [-0.15, -0.1) is 0 Å². The van der Waals surface area contributed by atoms with E-state index in [4.69, 9.17) is 4.74 Å². The smallest absolute Gasteiger partial charge is 0.407 e. The molecule has 1 aromatic carbocycles. The SMILES string of the molecule is O=C(NCCC1CCCCC1)OCCc1ccccc1. The normalized spacial score (nSPS) is 15.8. The molecule has 3 nitrogen and oxygen atoms in total. The van der Waals surface area contributed by atoms with E-state index in [0.29, 0.717) is 6.61 Å². The van der Waals surface area contributed by atoms with Crippen molar-refractivity contribution in [2.45, 2.75) is 44.9 Å². The van der Waals surface area contributed by atoms with Gasteiger partial charge < -0.3 is 10.1 Å². The molecule has 0 heterocycles. The summed E-state index contributed by atoms with van der Waals surface area (Å²) in [6.07, 6.45) is 8.32. The van der Waals surface area contributed by atoms with E-state index >= 15 is 0 Å². The van der Waals surface area contributed by atoms with Crippen LogP contribution in [0.5, 0.6) is 0 Å². The second kappa shape index (κ2) is 8.62. The lowest BCUT2D eigenvalue weighted by Gasteiger charge is -2.21. The van der Waals surface area contributed by atoms with Crippen molar-refractivity contribution < 1.29 is 9.53 Å². The number of amides is 1. The molecular weight excluding hydrogens is 250 g/mol. The summed E-state index contributed by atoms with van der Waals surface area (Å²) < 4.78 is 5.19. The standard InChI is InChI=1S/C17H25NO2/c19-17(18-13-11-15-7-3-1-4-8-15)20-14-12-16-9-5-2-6-10-16/h2,5-6,9-10,15H,1,3-4,7-8,11-14H2,(H,18,19). The van der Waals surface area contributed by atoms with Gasteiger partial charge in [-0.1, -0.05) is 62.4 Å². The molecule has 0 bridgehead atoms. The fourth-order valence-electron chi connectivity index (χ4n) is 2.81. The van der Waals surface area contributed by atoms with Crippen LogP contribution in [0.15, 0.2) is 30.3 Å². The number of carbonyl (C=O) groups is 1. The highest BCUT2D eigenvalue weighted by molar-refractivity contribution is 5.67. The van der Waals surface area contributed by atoms with Crippen molar-refractivity contribution in [3.05, 3.63) is 35.9 Å². The van der Waals surface area contributed by atoms with Crippen molar-refractivity contribution in [3.8, 4) is 0 Å². The van der Waals surface area contributed by atoms with E-state index in [0.717, 1.165) is 25.3 Å². The zero-order chi connectivity index (χ0) is 14.0. The van der Waals surface area contributed by atoms with Crippen LogP contribution in [0, 0.1) is 5.92 Å². The number of rotatable bonds is 6. The van der Waals surface area contributed by atoms with Crippen LogP contribution in [-0.4, -0.2) is 19.2 Å². The molecule has 0 spiro atoms. The predicted octanol–water partition coefficient (Wildman–Crippen LogP) is 3.93. The fourth-order valence-corrected chi connectivity index (χ4v) is 2.81. The van der Waals surface area contributed by atoms with Crippen LogP contribution in [0.2, 0.25) is 0 Å². The molecule has 1 fully saturated rings. The molecule has 0 aromatic heterocycles. The Balaban J connectivity index is 1.52. The third-order valence-corrected chi connectivity index (χ3v) is 4.01. The molecule has 3 heteroatoms. The quantitative estimate of drug-likeness (QED) is 0.854. The molecule has 0 atom stereocenters. The summed E-state index contributed by atoms with van der Waals surface area (Å²) >= 11 is 0. The first-order valence-corrected chi connectivity index (χ1v) is 7.79. The van der Waals surface area contributed by atoms with E-state index in [9.17, 15) is 4.79 Å². The highest BCUT2D eigenvalue weighted by Gasteiger charge is 2.13. The summed E-state index contributed by atoms with van der Waals surface area (Å²) in [5.41, 5.74) is 1.20. The lowest BCUT2D eigenvalue weighted by Crippen LogP contribution is -2.27. The van der Waals surface area contributed by atoms with Gasteiger partial charge >= 0.3 is 6.09 Å². The molecule has 1 amide bonds. The molecule has 1 N–H and O–H groups in total. The molecule has 1 aromatic rings. The van der Waals surface area contributed by atoms with Gasteiger partial charge in [0.15, 0.2) is 0 Å². The van der Waals surface area contributed by atoms with Gasteiger partial charge in [-0.05, 0) is 17.9 Å². The first-order chi connectivity index (χ1) is 9.84. The monoisotopic (exact) mass is 275 g/mol. The van der Waals surface area contributed by atoms with Crippen molar-refractivity contribution in [3.63, 3.8) is 0 Å². The number of benzene rings is 1. The maximum absolute atomic E-state index is 11.5. The Bertz CT molecular complexity index is 385.